The molecule has 1 unspecified atom stereocenters. The second kappa shape index (κ2) is 21.4. The van der Waals surface area contributed by atoms with E-state index in [0.717, 1.165) is 56.9 Å². The lowest BCUT2D eigenvalue weighted by molar-refractivity contribution is -0.137. The number of nitrogens with zero attached hydrogens (tertiary/aromatic N) is 1. The van der Waals surface area contributed by atoms with Crippen LogP contribution in [-0.2, 0) is 16.0 Å². The molecule has 2 N–H and O–H groups in total. The monoisotopic (exact) mass is 533 g/mol. The average Bonchev–Trinajstić information content (AvgIpc) is 2.88. The predicted molar refractivity (Wildman–Crippen MR) is 153 cm³/mol. The Morgan fingerprint density at radius 1 is 0.921 bits per heavy atom. The molecule has 0 aliphatic rings. The van der Waals surface area contributed by atoms with E-state index in [9.17, 15) is 19.8 Å². The Morgan fingerprint density at radius 2 is 1.61 bits per heavy atom. The molecule has 0 saturated heterocycles. The number of rotatable bonds is 23. The van der Waals surface area contributed by atoms with E-state index in [-0.39, 0.29) is 18.4 Å². The highest BCUT2D eigenvalue weighted by molar-refractivity contribution is 5.75. The summed E-state index contributed by atoms with van der Waals surface area (Å²) >= 11 is 0. The second-order valence-corrected chi connectivity index (χ2v) is 10.2. The van der Waals surface area contributed by atoms with Gasteiger partial charge in [0, 0.05) is 32.5 Å². The molecule has 0 bridgehead atoms. The van der Waals surface area contributed by atoms with Crippen LogP contribution in [0.25, 0.3) is 0 Å². The lowest BCUT2D eigenvalue weighted by Crippen LogP contribution is -2.21. The Hall–Kier alpha value is -2.54. The number of aliphatic carboxylic acids is 1. The Bertz CT molecular complexity index is 808. The number of carboxylic acid groups (broad SMARTS) is 1. The Morgan fingerprint density at radius 3 is 2.32 bits per heavy atom. The summed E-state index contributed by atoms with van der Waals surface area (Å²) in [4.78, 5) is 24.5. The second-order valence-electron chi connectivity index (χ2n) is 10.2. The SMILES string of the molecule is CCCCCCCCC(O)CCCCC=COc1cccc(OCCCCC(=O)N(C)C)c1CCC(=O)O. The molecule has 1 amide bonds. The van der Waals surface area contributed by atoms with Crippen molar-refractivity contribution in [2.75, 3.05) is 20.7 Å². The van der Waals surface area contributed by atoms with Gasteiger partial charge in [0.1, 0.15) is 11.5 Å². The van der Waals surface area contributed by atoms with Gasteiger partial charge >= 0.3 is 5.97 Å². The van der Waals surface area contributed by atoms with Crippen molar-refractivity contribution >= 4 is 11.9 Å². The normalized spacial score (nSPS) is 12.0. The van der Waals surface area contributed by atoms with Gasteiger partial charge in [-0.2, -0.15) is 0 Å². The van der Waals surface area contributed by atoms with Gasteiger partial charge in [-0.1, -0.05) is 57.9 Å². The number of carbonyl (C=O) groups is 2. The number of hydrogen-bond donors (Lipinski definition) is 2. The fraction of sp³-hybridized carbons (Fsp3) is 0.677. The first-order valence-corrected chi connectivity index (χ1v) is 14.5. The first-order valence-electron chi connectivity index (χ1n) is 14.5. The third-order valence-electron chi connectivity index (χ3n) is 6.56. The molecule has 0 aliphatic carbocycles. The van der Waals surface area contributed by atoms with E-state index < -0.39 is 5.97 Å². The van der Waals surface area contributed by atoms with E-state index >= 15 is 0 Å². The highest BCUT2D eigenvalue weighted by Crippen LogP contribution is 2.30. The summed E-state index contributed by atoms with van der Waals surface area (Å²) < 4.78 is 11.8. The maximum absolute atomic E-state index is 11.7. The number of carbonyl (C=O) groups excluding carboxylic acids is 1. The van der Waals surface area contributed by atoms with Crippen molar-refractivity contribution in [3.05, 3.63) is 36.1 Å². The number of amides is 1. The molecule has 1 rings (SSSR count). The average molecular weight is 534 g/mol. The van der Waals surface area contributed by atoms with Crippen molar-refractivity contribution in [3.8, 4) is 11.5 Å². The first-order chi connectivity index (χ1) is 18.3. The number of aliphatic hydroxyl groups excluding tert-OH is 1. The number of unbranched alkanes of at least 4 members (excludes halogenated alkanes) is 8. The van der Waals surface area contributed by atoms with Crippen molar-refractivity contribution in [2.45, 2.75) is 116 Å². The summed E-state index contributed by atoms with van der Waals surface area (Å²) in [6, 6.07) is 5.49. The zero-order valence-electron chi connectivity index (χ0n) is 24.0. The minimum absolute atomic E-state index is 0.0150. The van der Waals surface area contributed by atoms with Crippen molar-refractivity contribution in [1.82, 2.24) is 4.90 Å². The maximum Gasteiger partial charge on any atom is 0.303 e. The van der Waals surface area contributed by atoms with Crippen LogP contribution in [0, 0.1) is 0 Å². The summed E-state index contributed by atoms with van der Waals surface area (Å²) in [6.07, 6.45) is 17.7. The standard InChI is InChI=1S/C31H51NO6/c1-4-5-6-7-8-11-17-26(33)18-12-9-10-14-24-37-28-19-16-20-29(27(28)22-23-31(35)36)38-25-15-13-21-30(34)32(2)3/h14,16,19-20,24,26,33H,4-13,15,17-18,21-23,25H2,1-3H3,(H,35,36). The zero-order valence-corrected chi connectivity index (χ0v) is 24.0. The van der Waals surface area contributed by atoms with Crippen LogP contribution in [-0.4, -0.2) is 53.8 Å². The minimum atomic E-state index is -0.873. The molecule has 7 nitrogen and oxygen atoms in total. The highest BCUT2D eigenvalue weighted by atomic mass is 16.5. The summed E-state index contributed by atoms with van der Waals surface area (Å²) in [7, 11) is 3.49. The minimum Gasteiger partial charge on any atom is -0.493 e. The molecule has 7 heteroatoms. The predicted octanol–water partition coefficient (Wildman–Crippen LogP) is 6.91. The topological polar surface area (TPSA) is 96.3 Å². The summed E-state index contributed by atoms with van der Waals surface area (Å²) in [5.74, 6) is 0.438. The van der Waals surface area contributed by atoms with Crippen LogP contribution >= 0.6 is 0 Å². The van der Waals surface area contributed by atoms with Gasteiger partial charge in [0.15, 0.2) is 0 Å². The third-order valence-corrected chi connectivity index (χ3v) is 6.56. The third kappa shape index (κ3) is 16.3. The van der Waals surface area contributed by atoms with Crippen LogP contribution in [0.2, 0.25) is 0 Å². The van der Waals surface area contributed by atoms with E-state index in [0.29, 0.717) is 30.9 Å². The summed E-state index contributed by atoms with van der Waals surface area (Å²) in [6.45, 7) is 2.67. The molecule has 1 atom stereocenters. The Kier molecular flexibility index (Phi) is 18.9. The largest absolute Gasteiger partial charge is 0.493 e. The van der Waals surface area contributed by atoms with Gasteiger partial charge in [0.05, 0.1) is 19.0 Å². The van der Waals surface area contributed by atoms with Crippen LogP contribution in [0.4, 0.5) is 0 Å². The van der Waals surface area contributed by atoms with E-state index in [2.05, 4.69) is 6.92 Å². The molecule has 0 saturated carbocycles. The molecule has 0 aromatic heterocycles. The van der Waals surface area contributed by atoms with Gasteiger partial charge in [0.2, 0.25) is 5.91 Å². The molecule has 0 spiro atoms. The number of carboxylic acids is 1. The van der Waals surface area contributed by atoms with Crippen LogP contribution in [0.5, 0.6) is 11.5 Å². The smallest absolute Gasteiger partial charge is 0.303 e. The quantitative estimate of drug-likeness (QED) is 0.117. The van der Waals surface area contributed by atoms with E-state index in [1.807, 2.05) is 24.3 Å². The van der Waals surface area contributed by atoms with Crippen molar-refractivity contribution in [3.63, 3.8) is 0 Å². The molecule has 0 radical (unpaired) electrons. The Labute approximate surface area is 230 Å². The number of allylic oxidation sites excluding steroid dienone is 1. The van der Waals surface area contributed by atoms with Crippen LogP contribution in [0.1, 0.15) is 109 Å². The summed E-state index contributed by atoms with van der Waals surface area (Å²) in [5, 5.41) is 19.4. The van der Waals surface area contributed by atoms with Crippen molar-refractivity contribution in [2.24, 2.45) is 0 Å². The number of ether oxygens (including phenoxy) is 2. The van der Waals surface area contributed by atoms with Crippen molar-refractivity contribution in [1.29, 1.82) is 0 Å². The molecule has 38 heavy (non-hydrogen) atoms. The molecule has 0 heterocycles. The molecule has 216 valence electrons. The van der Waals surface area contributed by atoms with Crippen LogP contribution in [0.3, 0.4) is 0 Å². The van der Waals surface area contributed by atoms with Gasteiger partial charge in [-0.15, -0.1) is 0 Å². The fourth-order valence-corrected chi connectivity index (χ4v) is 4.19. The highest BCUT2D eigenvalue weighted by Gasteiger charge is 2.13. The van der Waals surface area contributed by atoms with E-state index in [1.54, 1.807) is 25.3 Å². The van der Waals surface area contributed by atoms with Crippen LogP contribution < -0.4 is 9.47 Å². The summed E-state index contributed by atoms with van der Waals surface area (Å²) in [5.41, 5.74) is 0.738. The van der Waals surface area contributed by atoms with Gasteiger partial charge < -0.3 is 24.6 Å². The van der Waals surface area contributed by atoms with Gasteiger partial charge in [-0.25, -0.2) is 0 Å². The number of hydrogen-bond acceptors (Lipinski definition) is 5. The lowest BCUT2D eigenvalue weighted by atomic mass is 10.0. The molecule has 1 aromatic carbocycles. The van der Waals surface area contributed by atoms with E-state index in [1.165, 1.54) is 32.1 Å². The number of aliphatic hydroxyl groups is 1. The molecule has 0 fully saturated rings. The number of benzene rings is 1. The molecular formula is C31H51NO6. The van der Waals surface area contributed by atoms with Crippen LogP contribution in [0.15, 0.2) is 30.5 Å². The van der Waals surface area contributed by atoms with Gasteiger partial charge in [-0.3, -0.25) is 9.59 Å². The van der Waals surface area contributed by atoms with Gasteiger partial charge in [-0.05, 0) is 63.2 Å². The molecule has 0 aliphatic heterocycles. The molecular weight excluding hydrogens is 482 g/mol. The van der Waals surface area contributed by atoms with Gasteiger partial charge in [0.25, 0.3) is 0 Å². The van der Waals surface area contributed by atoms with Crippen molar-refractivity contribution < 1.29 is 29.3 Å². The lowest BCUT2D eigenvalue weighted by Gasteiger charge is -2.15. The fourth-order valence-electron chi connectivity index (χ4n) is 4.19. The zero-order chi connectivity index (χ0) is 28.0. The maximum atomic E-state index is 11.7. The van der Waals surface area contributed by atoms with E-state index in [4.69, 9.17) is 9.47 Å². The first kappa shape index (κ1) is 33.5. The molecule has 1 aromatic rings. The Balaban J connectivity index is 2.42.